The molecular formula is C27H20ClNO. The molecule has 1 heterocycles. The van der Waals surface area contributed by atoms with Crippen LogP contribution in [0.25, 0.3) is 33.1 Å². The minimum Gasteiger partial charge on any atom is -0.455 e. The van der Waals surface area contributed by atoms with Gasteiger partial charge in [0.1, 0.15) is 11.2 Å². The molecule has 4 aromatic carbocycles. The number of para-hydroxylation sites is 2. The van der Waals surface area contributed by atoms with Crippen molar-refractivity contribution in [3.05, 3.63) is 95.0 Å². The molecule has 0 saturated heterocycles. The summed E-state index contributed by atoms with van der Waals surface area (Å²) < 4.78 is 6.35. The van der Waals surface area contributed by atoms with Crippen LogP contribution >= 0.6 is 11.6 Å². The van der Waals surface area contributed by atoms with Gasteiger partial charge in [-0.15, -0.1) is 0 Å². The molecule has 1 aliphatic rings. The molecule has 0 atom stereocenters. The lowest BCUT2D eigenvalue weighted by Gasteiger charge is -2.22. The summed E-state index contributed by atoms with van der Waals surface area (Å²) in [4.78, 5) is 0. The Hall–Kier alpha value is -3.23. The van der Waals surface area contributed by atoms with Crippen molar-refractivity contribution in [2.45, 2.75) is 19.3 Å². The second-order valence-electron chi connectivity index (χ2n) is 8.45. The zero-order valence-electron chi connectivity index (χ0n) is 16.8. The molecule has 0 amide bonds. The molecule has 6 rings (SSSR count). The van der Waals surface area contributed by atoms with E-state index in [1.54, 1.807) is 0 Å². The van der Waals surface area contributed by atoms with Crippen LogP contribution in [0.1, 0.15) is 25.0 Å². The molecule has 0 aliphatic heterocycles. The normalized spacial score (nSPS) is 14.1. The molecule has 0 fully saturated rings. The zero-order chi connectivity index (χ0) is 20.5. The van der Waals surface area contributed by atoms with Crippen LogP contribution in [0.4, 0.5) is 11.4 Å². The molecule has 3 heteroatoms. The molecule has 1 aromatic heterocycles. The second-order valence-corrected chi connectivity index (χ2v) is 8.86. The molecule has 0 unspecified atom stereocenters. The summed E-state index contributed by atoms with van der Waals surface area (Å²) in [6.45, 7) is 4.57. The number of nitrogens with one attached hydrogen (secondary N) is 1. The first-order valence-corrected chi connectivity index (χ1v) is 10.5. The lowest BCUT2D eigenvalue weighted by Crippen LogP contribution is -2.15. The molecule has 0 spiro atoms. The van der Waals surface area contributed by atoms with Crippen LogP contribution in [0.2, 0.25) is 5.02 Å². The van der Waals surface area contributed by atoms with Gasteiger partial charge in [-0.25, -0.2) is 0 Å². The number of hydrogen-bond acceptors (Lipinski definition) is 2. The van der Waals surface area contributed by atoms with Crippen molar-refractivity contribution in [1.29, 1.82) is 0 Å². The van der Waals surface area contributed by atoms with Gasteiger partial charge in [0.05, 0.1) is 10.7 Å². The highest BCUT2D eigenvalue weighted by atomic mass is 35.5. The van der Waals surface area contributed by atoms with Crippen LogP contribution in [0, 0.1) is 0 Å². The van der Waals surface area contributed by atoms with Crippen molar-refractivity contribution >= 4 is 44.9 Å². The molecule has 0 bridgehead atoms. The Balaban J connectivity index is 1.56. The SMILES string of the molecule is CC1(C)c2cc(Nc3ccccc3Cl)ccc2-c2c1ccc1c2oc2ccccc21. The predicted octanol–water partition coefficient (Wildman–Crippen LogP) is 8.29. The molecule has 0 radical (unpaired) electrons. The van der Waals surface area contributed by atoms with Gasteiger partial charge in [-0.05, 0) is 47.0 Å². The van der Waals surface area contributed by atoms with Gasteiger partial charge < -0.3 is 9.73 Å². The maximum atomic E-state index is 6.35. The van der Waals surface area contributed by atoms with E-state index in [9.17, 15) is 0 Å². The summed E-state index contributed by atoms with van der Waals surface area (Å²) in [6.07, 6.45) is 0. The lowest BCUT2D eigenvalue weighted by molar-refractivity contribution is 0.653. The van der Waals surface area contributed by atoms with Gasteiger partial charge in [0, 0.05) is 27.4 Å². The minimum atomic E-state index is -0.115. The average Bonchev–Trinajstić information content (AvgIpc) is 3.23. The van der Waals surface area contributed by atoms with Crippen LogP contribution in [-0.4, -0.2) is 0 Å². The maximum Gasteiger partial charge on any atom is 0.143 e. The summed E-state index contributed by atoms with van der Waals surface area (Å²) >= 11 is 6.35. The molecular weight excluding hydrogens is 390 g/mol. The van der Waals surface area contributed by atoms with E-state index in [1.165, 1.54) is 33.0 Å². The fourth-order valence-electron chi connectivity index (χ4n) is 4.80. The largest absolute Gasteiger partial charge is 0.455 e. The fraction of sp³-hybridized carbons (Fsp3) is 0.111. The summed E-state index contributed by atoms with van der Waals surface area (Å²) in [5.41, 5.74) is 8.79. The van der Waals surface area contributed by atoms with Gasteiger partial charge in [0.25, 0.3) is 0 Å². The number of halogens is 1. The predicted molar refractivity (Wildman–Crippen MR) is 126 cm³/mol. The van der Waals surface area contributed by atoms with Crippen molar-refractivity contribution < 1.29 is 4.42 Å². The summed E-state index contributed by atoms with van der Waals surface area (Å²) in [5, 5.41) is 6.52. The van der Waals surface area contributed by atoms with E-state index in [4.69, 9.17) is 16.0 Å². The van der Waals surface area contributed by atoms with Gasteiger partial charge in [-0.1, -0.05) is 74.0 Å². The standard InChI is InChI=1S/C27H20ClNO/c1-27(2)20-14-13-18-17-7-3-6-10-24(17)30-26(18)25(20)19-12-11-16(15-21(19)27)29-23-9-5-4-8-22(23)28/h3-15,29H,1-2H3. The van der Waals surface area contributed by atoms with Gasteiger partial charge >= 0.3 is 0 Å². The molecule has 0 saturated carbocycles. The van der Waals surface area contributed by atoms with Crippen molar-refractivity contribution in [3.8, 4) is 11.1 Å². The van der Waals surface area contributed by atoms with Crippen molar-refractivity contribution in [1.82, 2.24) is 0 Å². The first kappa shape index (κ1) is 17.6. The average molecular weight is 410 g/mol. The lowest BCUT2D eigenvalue weighted by atomic mass is 9.82. The van der Waals surface area contributed by atoms with Crippen LogP contribution in [0.15, 0.2) is 83.3 Å². The van der Waals surface area contributed by atoms with E-state index in [1.807, 2.05) is 36.4 Å². The second kappa shape index (κ2) is 6.13. The number of fused-ring (bicyclic) bond motifs is 7. The first-order valence-electron chi connectivity index (χ1n) is 10.2. The Labute approximate surface area is 180 Å². The number of furan rings is 1. The van der Waals surface area contributed by atoms with Crippen molar-refractivity contribution in [2.24, 2.45) is 0 Å². The monoisotopic (exact) mass is 409 g/mol. The van der Waals surface area contributed by atoms with Gasteiger partial charge in [-0.2, -0.15) is 0 Å². The zero-order valence-corrected chi connectivity index (χ0v) is 17.5. The summed E-state index contributed by atoms with van der Waals surface area (Å²) in [6, 6.07) is 27.1. The number of anilines is 2. The maximum absolute atomic E-state index is 6.35. The Bertz CT molecular complexity index is 1460. The van der Waals surface area contributed by atoms with E-state index < -0.39 is 0 Å². The van der Waals surface area contributed by atoms with Gasteiger partial charge in [0.15, 0.2) is 0 Å². The van der Waals surface area contributed by atoms with E-state index in [0.29, 0.717) is 5.02 Å². The van der Waals surface area contributed by atoms with Crippen LogP contribution in [0.5, 0.6) is 0 Å². The molecule has 1 N–H and O–H groups in total. The van der Waals surface area contributed by atoms with Crippen molar-refractivity contribution in [3.63, 3.8) is 0 Å². The van der Waals surface area contributed by atoms with Crippen LogP contribution in [-0.2, 0) is 5.41 Å². The van der Waals surface area contributed by atoms with E-state index >= 15 is 0 Å². The third-order valence-electron chi connectivity index (χ3n) is 6.34. The highest BCUT2D eigenvalue weighted by Crippen LogP contribution is 2.53. The smallest absolute Gasteiger partial charge is 0.143 e. The molecule has 1 aliphatic carbocycles. The number of hydrogen-bond donors (Lipinski definition) is 1. The van der Waals surface area contributed by atoms with Crippen molar-refractivity contribution in [2.75, 3.05) is 5.32 Å². The van der Waals surface area contributed by atoms with E-state index in [0.717, 1.165) is 22.5 Å². The Morgan fingerprint density at radius 1 is 0.800 bits per heavy atom. The van der Waals surface area contributed by atoms with Crippen LogP contribution in [0.3, 0.4) is 0 Å². The highest BCUT2D eigenvalue weighted by molar-refractivity contribution is 6.33. The molecule has 5 aromatic rings. The summed E-state index contributed by atoms with van der Waals surface area (Å²) in [7, 11) is 0. The molecule has 2 nitrogen and oxygen atoms in total. The molecule has 146 valence electrons. The quantitative estimate of drug-likeness (QED) is 0.317. The Morgan fingerprint density at radius 3 is 2.47 bits per heavy atom. The van der Waals surface area contributed by atoms with E-state index in [-0.39, 0.29) is 5.41 Å². The first-order chi connectivity index (χ1) is 14.5. The topological polar surface area (TPSA) is 25.2 Å². The van der Waals surface area contributed by atoms with Gasteiger partial charge in [0.2, 0.25) is 0 Å². The van der Waals surface area contributed by atoms with E-state index in [2.05, 4.69) is 61.6 Å². The minimum absolute atomic E-state index is 0.115. The third-order valence-corrected chi connectivity index (χ3v) is 6.66. The molecule has 30 heavy (non-hydrogen) atoms. The highest BCUT2D eigenvalue weighted by Gasteiger charge is 2.37. The third kappa shape index (κ3) is 2.37. The Morgan fingerprint density at radius 2 is 1.60 bits per heavy atom. The fourth-order valence-corrected chi connectivity index (χ4v) is 4.98. The number of benzene rings is 4. The van der Waals surface area contributed by atoms with Gasteiger partial charge in [-0.3, -0.25) is 0 Å². The van der Waals surface area contributed by atoms with Crippen LogP contribution < -0.4 is 5.32 Å². The summed E-state index contributed by atoms with van der Waals surface area (Å²) in [5.74, 6) is 0. The number of rotatable bonds is 2. The Kier molecular flexibility index (Phi) is 3.60.